The molecule has 0 aliphatic rings. The Morgan fingerprint density at radius 3 is 2.65 bits per heavy atom. The maximum atomic E-state index is 13.6. The van der Waals surface area contributed by atoms with E-state index in [0.29, 0.717) is 0 Å². The molecular weight excluding hydrogens is 225 g/mol. The van der Waals surface area contributed by atoms with Gasteiger partial charge in [0.1, 0.15) is 5.78 Å². The first-order chi connectivity index (χ1) is 7.93. The maximum Gasteiger partial charge on any atom is 0.305 e. The number of hydrogen-bond acceptors (Lipinski definition) is 3. The van der Waals surface area contributed by atoms with Gasteiger partial charge in [0.2, 0.25) is 5.82 Å². The average molecular weight is 239 g/mol. The van der Waals surface area contributed by atoms with E-state index in [2.05, 4.69) is 0 Å². The van der Waals surface area contributed by atoms with Gasteiger partial charge in [-0.2, -0.15) is 4.39 Å². The molecule has 5 heteroatoms. The molecule has 1 rings (SSSR count). The van der Waals surface area contributed by atoms with Gasteiger partial charge >= 0.3 is 5.69 Å². The van der Waals surface area contributed by atoms with Crippen LogP contribution in [0.5, 0.6) is 0 Å². The van der Waals surface area contributed by atoms with Crippen LogP contribution < -0.4 is 0 Å². The van der Waals surface area contributed by atoms with E-state index < -0.39 is 16.4 Å². The molecule has 0 unspecified atom stereocenters. The van der Waals surface area contributed by atoms with Crippen molar-refractivity contribution >= 4 is 11.5 Å². The molecular formula is C12H14FNO3. The zero-order valence-electron chi connectivity index (χ0n) is 9.77. The zero-order valence-corrected chi connectivity index (χ0v) is 9.77. The molecule has 0 aliphatic heterocycles. The predicted octanol–water partition coefficient (Wildman–Crippen LogP) is 2.89. The lowest BCUT2D eigenvalue weighted by Crippen LogP contribution is -2.08. The zero-order chi connectivity index (χ0) is 13.0. The van der Waals surface area contributed by atoms with Crippen LogP contribution in [0, 0.1) is 21.8 Å². The Labute approximate surface area is 98.6 Å². The second kappa shape index (κ2) is 5.52. The Morgan fingerprint density at radius 2 is 2.12 bits per heavy atom. The van der Waals surface area contributed by atoms with Crippen LogP contribution in [0.15, 0.2) is 18.2 Å². The van der Waals surface area contributed by atoms with E-state index in [9.17, 15) is 19.3 Å². The van der Waals surface area contributed by atoms with Crippen molar-refractivity contribution in [3.63, 3.8) is 0 Å². The second-order valence-corrected chi connectivity index (χ2v) is 4.13. The van der Waals surface area contributed by atoms with Gasteiger partial charge in [-0.25, -0.2) is 0 Å². The molecule has 0 heterocycles. The fraction of sp³-hybridized carbons (Fsp3) is 0.417. The molecule has 0 N–H and O–H groups in total. The highest BCUT2D eigenvalue weighted by molar-refractivity contribution is 5.80. The Hall–Kier alpha value is -1.78. The third-order valence-corrected chi connectivity index (χ3v) is 2.54. The first-order valence-electron chi connectivity index (χ1n) is 5.38. The van der Waals surface area contributed by atoms with E-state index in [0.717, 1.165) is 6.07 Å². The second-order valence-electron chi connectivity index (χ2n) is 4.13. The minimum atomic E-state index is -0.839. The van der Waals surface area contributed by atoms with Crippen LogP contribution in [-0.2, 0) is 11.2 Å². The lowest BCUT2D eigenvalue weighted by molar-refractivity contribution is -0.387. The lowest BCUT2D eigenvalue weighted by Gasteiger charge is -2.05. The van der Waals surface area contributed by atoms with Crippen LogP contribution in [0.3, 0.4) is 0 Å². The van der Waals surface area contributed by atoms with Gasteiger partial charge in [-0.3, -0.25) is 14.9 Å². The summed E-state index contributed by atoms with van der Waals surface area (Å²) in [6.45, 7) is 3.54. The summed E-state index contributed by atoms with van der Waals surface area (Å²) in [5.74, 6) is -0.915. The summed E-state index contributed by atoms with van der Waals surface area (Å²) in [6, 6.07) is 4.01. The van der Waals surface area contributed by atoms with Crippen LogP contribution in [0.25, 0.3) is 0 Å². The highest BCUT2D eigenvalue weighted by Gasteiger charge is 2.18. The van der Waals surface area contributed by atoms with E-state index in [4.69, 9.17) is 0 Å². The van der Waals surface area contributed by atoms with Crippen molar-refractivity contribution in [2.75, 3.05) is 0 Å². The Balaban J connectivity index is 2.82. The summed E-state index contributed by atoms with van der Waals surface area (Å²) in [5.41, 5.74) is -0.326. The Bertz CT molecular complexity index is 443. The molecule has 1 aromatic carbocycles. The number of nitrogens with zero attached hydrogens (tertiary/aromatic N) is 1. The molecule has 1 aromatic rings. The van der Waals surface area contributed by atoms with Crippen molar-refractivity contribution in [1.82, 2.24) is 0 Å². The number of halogens is 1. The first kappa shape index (κ1) is 13.3. The van der Waals surface area contributed by atoms with Crippen LogP contribution in [0.2, 0.25) is 0 Å². The van der Waals surface area contributed by atoms with Crippen LogP contribution >= 0.6 is 0 Å². The smallest absolute Gasteiger partial charge is 0.299 e. The molecule has 0 bridgehead atoms. The fourth-order valence-corrected chi connectivity index (χ4v) is 1.45. The largest absolute Gasteiger partial charge is 0.305 e. The number of carbonyl (C=O) groups excluding carboxylic acids is 1. The van der Waals surface area contributed by atoms with Crippen LogP contribution in [-0.4, -0.2) is 10.7 Å². The normalized spacial score (nSPS) is 10.6. The van der Waals surface area contributed by atoms with Gasteiger partial charge in [-0.1, -0.05) is 26.0 Å². The van der Waals surface area contributed by atoms with Gasteiger partial charge < -0.3 is 0 Å². The summed E-state index contributed by atoms with van der Waals surface area (Å²) >= 11 is 0. The topological polar surface area (TPSA) is 60.2 Å². The summed E-state index contributed by atoms with van der Waals surface area (Å²) in [7, 11) is 0. The molecule has 0 saturated carbocycles. The lowest BCUT2D eigenvalue weighted by atomic mass is 10.0. The number of carbonyl (C=O) groups is 1. The van der Waals surface area contributed by atoms with Crippen molar-refractivity contribution in [2.45, 2.75) is 26.7 Å². The van der Waals surface area contributed by atoms with Gasteiger partial charge in [-0.15, -0.1) is 0 Å². The number of nitro benzene ring substituents is 1. The van der Waals surface area contributed by atoms with Gasteiger partial charge in [0.25, 0.3) is 0 Å². The Morgan fingerprint density at radius 1 is 1.47 bits per heavy atom. The number of benzene rings is 1. The van der Waals surface area contributed by atoms with Crippen LogP contribution in [0.1, 0.15) is 25.8 Å². The summed E-state index contributed by atoms with van der Waals surface area (Å²) in [6.07, 6.45) is 0.403. The molecule has 0 radical (unpaired) electrons. The fourth-order valence-electron chi connectivity index (χ4n) is 1.45. The van der Waals surface area contributed by atoms with E-state index in [1.54, 1.807) is 13.8 Å². The molecule has 4 nitrogen and oxygen atoms in total. The minimum absolute atomic E-state index is 0.0240. The molecule has 17 heavy (non-hydrogen) atoms. The van der Waals surface area contributed by atoms with Crippen molar-refractivity contribution in [1.29, 1.82) is 0 Å². The van der Waals surface area contributed by atoms with Gasteiger partial charge in [0.15, 0.2) is 0 Å². The van der Waals surface area contributed by atoms with Crippen molar-refractivity contribution < 1.29 is 14.1 Å². The van der Waals surface area contributed by atoms with E-state index in [1.807, 2.05) is 0 Å². The number of rotatable bonds is 5. The average Bonchev–Trinajstić information content (AvgIpc) is 2.26. The SMILES string of the molecule is CC(C)C(=O)CCc1cccc([N+](=O)[O-])c1F. The predicted molar refractivity (Wildman–Crippen MR) is 61.2 cm³/mol. The summed E-state index contributed by atoms with van der Waals surface area (Å²) in [5, 5.41) is 10.5. The van der Waals surface area contributed by atoms with Crippen molar-refractivity contribution in [3.8, 4) is 0 Å². The molecule has 0 spiro atoms. The number of nitro groups is 1. The maximum absolute atomic E-state index is 13.6. The molecule has 92 valence electrons. The van der Waals surface area contributed by atoms with E-state index >= 15 is 0 Å². The molecule has 0 saturated heterocycles. The highest BCUT2D eigenvalue weighted by Crippen LogP contribution is 2.21. The van der Waals surface area contributed by atoms with Crippen LogP contribution in [0.4, 0.5) is 10.1 Å². The number of aryl methyl sites for hydroxylation is 1. The first-order valence-corrected chi connectivity index (χ1v) is 5.38. The van der Waals surface area contributed by atoms with E-state index in [1.165, 1.54) is 12.1 Å². The van der Waals surface area contributed by atoms with E-state index in [-0.39, 0.29) is 30.1 Å². The molecule has 0 atom stereocenters. The molecule has 0 aromatic heterocycles. The van der Waals surface area contributed by atoms with Crippen molar-refractivity contribution in [2.24, 2.45) is 5.92 Å². The molecule has 0 amide bonds. The minimum Gasteiger partial charge on any atom is -0.299 e. The van der Waals surface area contributed by atoms with Gasteiger partial charge in [0.05, 0.1) is 4.92 Å². The summed E-state index contributed by atoms with van der Waals surface area (Å²) < 4.78 is 13.6. The van der Waals surface area contributed by atoms with Gasteiger partial charge in [-0.05, 0) is 12.0 Å². The monoisotopic (exact) mass is 239 g/mol. The van der Waals surface area contributed by atoms with Crippen molar-refractivity contribution in [3.05, 3.63) is 39.7 Å². The Kier molecular flexibility index (Phi) is 4.31. The third-order valence-electron chi connectivity index (χ3n) is 2.54. The van der Waals surface area contributed by atoms with Gasteiger partial charge in [0, 0.05) is 18.4 Å². The number of hydrogen-bond donors (Lipinski definition) is 0. The highest BCUT2D eigenvalue weighted by atomic mass is 19.1. The standard InChI is InChI=1S/C12H14FNO3/c1-8(2)11(15)7-6-9-4-3-5-10(12(9)13)14(16)17/h3-5,8H,6-7H2,1-2H3. The summed E-state index contributed by atoms with van der Waals surface area (Å²) in [4.78, 5) is 21.1. The molecule has 0 aliphatic carbocycles. The third kappa shape index (κ3) is 3.34. The molecule has 0 fully saturated rings. The number of ketones is 1. The quantitative estimate of drug-likeness (QED) is 0.586. The number of Topliss-reactive ketones (excluding diaryl/α,β-unsaturated/α-hetero) is 1.